The van der Waals surface area contributed by atoms with Crippen LogP contribution in [0.5, 0.6) is 0 Å². The van der Waals surface area contributed by atoms with E-state index in [0.29, 0.717) is 23.3 Å². The third-order valence-corrected chi connectivity index (χ3v) is 7.01. The maximum absolute atomic E-state index is 13.2. The molecule has 4 nitrogen and oxygen atoms in total. The Hall–Kier alpha value is -2.05. The van der Waals surface area contributed by atoms with Gasteiger partial charge in [-0.05, 0) is 67.9 Å². The monoisotopic (exact) mass is 409 g/mol. The highest BCUT2D eigenvalue weighted by Gasteiger charge is 2.55. The van der Waals surface area contributed by atoms with E-state index in [2.05, 4.69) is 5.32 Å². The van der Waals surface area contributed by atoms with E-state index in [1.54, 1.807) is 0 Å². The zero-order chi connectivity index (χ0) is 20.8. The number of amides is 1. The van der Waals surface area contributed by atoms with Crippen LogP contribution < -0.4 is 5.32 Å². The lowest BCUT2D eigenvalue weighted by Crippen LogP contribution is -2.56. The molecule has 0 heterocycles. The van der Waals surface area contributed by atoms with Crippen LogP contribution in [0.3, 0.4) is 0 Å². The number of methoxy groups -OCH3 is 1. The molecule has 158 valence electrons. The molecule has 0 spiro atoms. The second-order valence-electron chi connectivity index (χ2n) is 9.15. The maximum Gasteiger partial charge on any atom is 0.416 e. The van der Waals surface area contributed by atoms with E-state index in [9.17, 15) is 22.8 Å². The lowest BCUT2D eigenvalue weighted by atomic mass is 9.49. The summed E-state index contributed by atoms with van der Waals surface area (Å²) < 4.78 is 43.8. The molecule has 0 aliphatic heterocycles. The Morgan fingerprint density at radius 2 is 1.72 bits per heavy atom. The van der Waals surface area contributed by atoms with Crippen molar-refractivity contribution in [2.75, 3.05) is 7.11 Å². The van der Waals surface area contributed by atoms with Gasteiger partial charge in [0.2, 0.25) is 5.91 Å². The number of carbonyl (C=O) groups excluding carboxylic acids is 2. The van der Waals surface area contributed by atoms with E-state index >= 15 is 0 Å². The van der Waals surface area contributed by atoms with Crippen molar-refractivity contribution in [1.29, 1.82) is 0 Å². The Labute approximate surface area is 168 Å². The van der Waals surface area contributed by atoms with Gasteiger partial charge in [-0.3, -0.25) is 4.79 Å². The summed E-state index contributed by atoms with van der Waals surface area (Å²) in [6, 6.07) is 3.86. The summed E-state index contributed by atoms with van der Waals surface area (Å²) in [6.07, 6.45) is 1.63. The Morgan fingerprint density at radius 1 is 1.14 bits per heavy atom. The van der Waals surface area contributed by atoms with Gasteiger partial charge in [-0.15, -0.1) is 0 Å². The van der Waals surface area contributed by atoms with E-state index in [1.807, 2.05) is 0 Å². The van der Waals surface area contributed by atoms with Gasteiger partial charge < -0.3 is 10.1 Å². The van der Waals surface area contributed by atoms with Crippen molar-refractivity contribution in [3.05, 3.63) is 35.4 Å². The average molecular weight is 409 g/mol. The minimum absolute atomic E-state index is 0.0330. The summed E-state index contributed by atoms with van der Waals surface area (Å²) in [6.45, 7) is 0. The standard InChI is InChI=1S/C22H26F3NO3/c1-29-19(27)18(9-13-3-2-4-17(8-13)22(23,24)25)26-20(28)21-10-14-5-15(11-21)7-16(6-14)12-21/h2-4,8,14-16,18H,5-7,9-12H2,1H3,(H,26,28)/t14?,15?,16?,18-,21?/m1/s1. The van der Waals surface area contributed by atoms with Gasteiger partial charge in [-0.25, -0.2) is 4.79 Å². The zero-order valence-electron chi connectivity index (χ0n) is 16.4. The lowest BCUT2D eigenvalue weighted by molar-refractivity contribution is -0.152. The number of nitrogens with one attached hydrogen (secondary N) is 1. The third kappa shape index (κ3) is 4.01. The smallest absolute Gasteiger partial charge is 0.416 e. The highest BCUT2D eigenvalue weighted by Crippen LogP contribution is 2.60. The molecular weight excluding hydrogens is 383 g/mol. The van der Waals surface area contributed by atoms with Crippen LogP contribution in [-0.4, -0.2) is 25.0 Å². The van der Waals surface area contributed by atoms with Gasteiger partial charge in [0.15, 0.2) is 0 Å². The van der Waals surface area contributed by atoms with Crippen molar-refractivity contribution < 1.29 is 27.5 Å². The molecular formula is C22H26F3NO3. The molecule has 4 aliphatic carbocycles. The fraction of sp³-hybridized carbons (Fsp3) is 0.636. The lowest BCUT2D eigenvalue weighted by Gasteiger charge is -2.55. The number of alkyl halides is 3. The number of carbonyl (C=O) groups is 2. The number of hydrogen-bond donors (Lipinski definition) is 1. The molecule has 1 aromatic rings. The van der Waals surface area contributed by atoms with E-state index in [1.165, 1.54) is 38.5 Å². The normalized spacial score (nSPS) is 31.4. The first-order chi connectivity index (χ1) is 13.7. The topological polar surface area (TPSA) is 55.4 Å². The van der Waals surface area contributed by atoms with Gasteiger partial charge in [0, 0.05) is 11.8 Å². The van der Waals surface area contributed by atoms with Gasteiger partial charge in [0.1, 0.15) is 6.04 Å². The summed E-state index contributed by atoms with van der Waals surface area (Å²) in [5.41, 5.74) is -0.874. The number of benzene rings is 1. The Balaban J connectivity index is 1.51. The molecule has 4 fully saturated rings. The molecule has 5 rings (SSSR count). The van der Waals surface area contributed by atoms with Crippen LogP contribution in [0.25, 0.3) is 0 Å². The number of halogens is 3. The van der Waals surface area contributed by atoms with E-state index in [0.717, 1.165) is 31.4 Å². The summed E-state index contributed by atoms with van der Waals surface area (Å²) in [4.78, 5) is 25.5. The molecule has 0 unspecified atom stereocenters. The number of rotatable bonds is 5. The molecule has 1 N–H and O–H groups in total. The molecule has 0 aromatic heterocycles. The molecule has 1 amide bonds. The Morgan fingerprint density at radius 3 is 2.24 bits per heavy atom. The average Bonchev–Trinajstić information content (AvgIpc) is 2.65. The SMILES string of the molecule is COC(=O)[C@@H](Cc1cccc(C(F)(F)F)c1)NC(=O)C12CC3CC(CC(C3)C1)C2. The molecule has 1 atom stereocenters. The molecule has 29 heavy (non-hydrogen) atoms. The summed E-state index contributed by atoms with van der Waals surface area (Å²) in [7, 11) is 1.22. The van der Waals surface area contributed by atoms with Gasteiger partial charge in [0.05, 0.1) is 12.7 Å². The van der Waals surface area contributed by atoms with Crippen molar-refractivity contribution in [2.45, 2.75) is 57.2 Å². The molecule has 0 radical (unpaired) electrons. The first-order valence-electron chi connectivity index (χ1n) is 10.2. The van der Waals surface area contributed by atoms with Crippen LogP contribution in [0.4, 0.5) is 13.2 Å². The number of esters is 1. The fourth-order valence-corrected chi connectivity index (χ4v) is 6.15. The Bertz CT molecular complexity index is 769. The van der Waals surface area contributed by atoms with Gasteiger partial charge in [-0.2, -0.15) is 13.2 Å². The van der Waals surface area contributed by atoms with Gasteiger partial charge in [-0.1, -0.05) is 18.2 Å². The predicted octanol–water partition coefficient (Wildman–Crippen LogP) is 4.12. The third-order valence-electron chi connectivity index (χ3n) is 7.01. The fourth-order valence-electron chi connectivity index (χ4n) is 6.15. The highest BCUT2D eigenvalue weighted by molar-refractivity contribution is 5.88. The number of ether oxygens (including phenoxy) is 1. The summed E-state index contributed by atoms with van der Waals surface area (Å²) in [5, 5.41) is 2.84. The Kier molecular flexibility index (Phi) is 5.11. The van der Waals surface area contributed by atoms with E-state index in [4.69, 9.17) is 4.74 Å². The maximum atomic E-state index is 13.2. The van der Waals surface area contributed by atoms with Crippen LogP contribution in [-0.2, 0) is 26.9 Å². The van der Waals surface area contributed by atoms with Crippen LogP contribution in [0.1, 0.15) is 49.7 Å². The second kappa shape index (κ2) is 7.33. The minimum atomic E-state index is -4.46. The molecule has 4 aliphatic rings. The van der Waals surface area contributed by atoms with Crippen LogP contribution in [0.2, 0.25) is 0 Å². The van der Waals surface area contributed by atoms with Crippen molar-refractivity contribution in [3.63, 3.8) is 0 Å². The molecule has 4 bridgehead atoms. The highest BCUT2D eigenvalue weighted by atomic mass is 19.4. The molecule has 0 saturated heterocycles. The van der Waals surface area contributed by atoms with Crippen molar-refractivity contribution in [3.8, 4) is 0 Å². The summed E-state index contributed by atoms with van der Waals surface area (Å²) in [5.74, 6) is 0.950. The first-order valence-corrected chi connectivity index (χ1v) is 10.2. The van der Waals surface area contributed by atoms with E-state index in [-0.39, 0.29) is 12.3 Å². The predicted molar refractivity (Wildman–Crippen MR) is 99.7 cm³/mol. The van der Waals surface area contributed by atoms with Crippen molar-refractivity contribution >= 4 is 11.9 Å². The summed E-state index contributed by atoms with van der Waals surface area (Å²) >= 11 is 0. The van der Waals surface area contributed by atoms with Crippen LogP contribution in [0.15, 0.2) is 24.3 Å². The van der Waals surface area contributed by atoms with Crippen molar-refractivity contribution in [1.82, 2.24) is 5.32 Å². The zero-order valence-corrected chi connectivity index (χ0v) is 16.4. The minimum Gasteiger partial charge on any atom is -0.467 e. The second-order valence-corrected chi connectivity index (χ2v) is 9.15. The molecule has 4 saturated carbocycles. The number of hydrogen-bond acceptors (Lipinski definition) is 3. The quantitative estimate of drug-likeness (QED) is 0.745. The van der Waals surface area contributed by atoms with Crippen LogP contribution >= 0.6 is 0 Å². The van der Waals surface area contributed by atoms with Crippen molar-refractivity contribution in [2.24, 2.45) is 23.2 Å². The largest absolute Gasteiger partial charge is 0.467 e. The molecule has 1 aromatic carbocycles. The van der Waals surface area contributed by atoms with Gasteiger partial charge >= 0.3 is 12.1 Å². The van der Waals surface area contributed by atoms with E-state index < -0.39 is 29.2 Å². The first kappa shape index (κ1) is 20.2. The molecule has 7 heteroatoms. The van der Waals surface area contributed by atoms with Crippen LogP contribution in [0, 0.1) is 23.2 Å². The van der Waals surface area contributed by atoms with Gasteiger partial charge in [0.25, 0.3) is 0 Å².